The number of benzene rings is 2. The molecule has 2 aromatic rings. The van der Waals surface area contributed by atoms with Gasteiger partial charge in [-0.15, -0.1) is 23.5 Å². The zero-order valence-corrected chi connectivity index (χ0v) is 12.4. The smallest absolute Gasteiger partial charge is 0.101 e. The zero-order valence-electron chi connectivity index (χ0n) is 10.8. The summed E-state index contributed by atoms with van der Waals surface area (Å²) in [5, 5.41) is 9.35. The number of hydrogen-bond acceptors (Lipinski definition) is 3. The van der Waals surface area contributed by atoms with Crippen LogP contribution in [0.5, 0.6) is 0 Å². The van der Waals surface area contributed by atoms with E-state index in [0.717, 1.165) is 26.9 Å². The fourth-order valence-corrected chi connectivity index (χ4v) is 3.59. The van der Waals surface area contributed by atoms with Crippen molar-refractivity contribution in [2.45, 2.75) is 22.5 Å². The van der Waals surface area contributed by atoms with Crippen molar-refractivity contribution < 1.29 is 0 Å². The lowest BCUT2D eigenvalue weighted by Gasteiger charge is -2.08. The lowest BCUT2D eigenvalue weighted by Crippen LogP contribution is -1.87. The largest absolute Gasteiger partial charge is 0.192 e. The van der Waals surface area contributed by atoms with Gasteiger partial charge < -0.3 is 0 Å². The highest BCUT2D eigenvalue weighted by Gasteiger charge is 2.08. The molecule has 0 aromatic heterocycles. The molecule has 2 rings (SSSR count). The van der Waals surface area contributed by atoms with Gasteiger partial charge in [0.05, 0.1) is 5.56 Å². The monoisotopic (exact) mass is 285 g/mol. The van der Waals surface area contributed by atoms with E-state index in [1.54, 1.807) is 23.5 Å². The van der Waals surface area contributed by atoms with Crippen LogP contribution in [0.15, 0.2) is 58.3 Å². The maximum absolute atomic E-state index is 9.35. The van der Waals surface area contributed by atoms with E-state index in [9.17, 15) is 5.26 Å². The Morgan fingerprint density at radius 2 is 1.63 bits per heavy atom. The Hall–Kier alpha value is -1.37. The van der Waals surface area contributed by atoms with Crippen LogP contribution in [0.1, 0.15) is 18.1 Å². The first-order valence-corrected chi connectivity index (χ1v) is 8.15. The fraction of sp³-hybridized carbons (Fsp3) is 0.188. The van der Waals surface area contributed by atoms with Gasteiger partial charge >= 0.3 is 0 Å². The van der Waals surface area contributed by atoms with Crippen LogP contribution in [0.2, 0.25) is 0 Å². The predicted octanol–water partition coefficient (Wildman–Crippen LogP) is 4.96. The van der Waals surface area contributed by atoms with Crippen LogP contribution in [0.3, 0.4) is 0 Å². The van der Waals surface area contributed by atoms with Crippen LogP contribution < -0.4 is 0 Å². The van der Waals surface area contributed by atoms with Crippen LogP contribution in [0.4, 0.5) is 0 Å². The van der Waals surface area contributed by atoms with Crippen molar-refractivity contribution >= 4 is 23.5 Å². The summed E-state index contributed by atoms with van der Waals surface area (Å²) in [5.74, 6) is 1.89. The van der Waals surface area contributed by atoms with Crippen molar-refractivity contribution in [2.24, 2.45) is 0 Å². The third-order valence-electron chi connectivity index (χ3n) is 2.64. The van der Waals surface area contributed by atoms with Gasteiger partial charge in [-0.25, -0.2) is 0 Å². The van der Waals surface area contributed by atoms with E-state index in [1.807, 2.05) is 36.4 Å². The average molecular weight is 285 g/mol. The van der Waals surface area contributed by atoms with E-state index in [4.69, 9.17) is 0 Å². The topological polar surface area (TPSA) is 23.8 Å². The Balaban J connectivity index is 2.16. The van der Waals surface area contributed by atoms with Crippen molar-refractivity contribution in [3.63, 3.8) is 0 Å². The predicted molar refractivity (Wildman–Crippen MR) is 83.6 cm³/mol. The minimum atomic E-state index is 0.815. The third kappa shape index (κ3) is 3.79. The number of nitrogens with zero attached hydrogens (tertiary/aromatic N) is 1. The normalized spacial score (nSPS) is 10.1. The molecule has 0 radical (unpaired) electrons. The maximum Gasteiger partial charge on any atom is 0.101 e. The second-order valence-electron chi connectivity index (χ2n) is 3.95. The number of rotatable bonds is 5. The summed E-state index contributed by atoms with van der Waals surface area (Å²) >= 11 is 3.46. The molecule has 0 aliphatic rings. The summed E-state index contributed by atoms with van der Waals surface area (Å²) in [4.78, 5) is 2.16. The third-order valence-corrected chi connectivity index (χ3v) is 4.71. The molecule has 3 heteroatoms. The molecule has 0 unspecified atom stereocenters. The molecule has 96 valence electrons. The van der Waals surface area contributed by atoms with Gasteiger partial charge in [-0.05, 0) is 23.4 Å². The van der Waals surface area contributed by atoms with Crippen LogP contribution >= 0.6 is 23.5 Å². The van der Waals surface area contributed by atoms with Gasteiger partial charge in [-0.1, -0.05) is 43.3 Å². The lowest BCUT2D eigenvalue weighted by atomic mass is 10.2. The van der Waals surface area contributed by atoms with Crippen molar-refractivity contribution in [2.75, 3.05) is 5.75 Å². The standard InChI is InChI=1S/C16H15NS2/c1-2-18-15-9-6-10-16(14(15)11-17)19-12-13-7-4-3-5-8-13/h3-10H,2,12H2,1H3. The highest BCUT2D eigenvalue weighted by atomic mass is 32.2. The van der Waals surface area contributed by atoms with Gasteiger partial charge in [0.1, 0.15) is 6.07 Å². The molecule has 0 heterocycles. The van der Waals surface area contributed by atoms with Gasteiger partial charge in [0.15, 0.2) is 0 Å². The van der Waals surface area contributed by atoms with Gasteiger partial charge in [-0.2, -0.15) is 5.26 Å². The zero-order chi connectivity index (χ0) is 13.5. The molecule has 0 N–H and O–H groups in total. The molecule has 0 aliphatic heterocycles. The highest BCUT2D eigenvalue weighted by molar-refractivity contribution is 7.99. The second kappa shape index (κ2) is 7.28. The molecule has 0 bridgehead atoms. The molecule has 0 amide bonds. The molecule has 0 aliphatic carbocycles. The van der Waals surface area contributed by atoms with Crippen molar-refractivity contribution in [3.8, 4) is 6.07 Å². The quantitative estimate of drug-likeness (QED) is 0.725. The fourth-order valence-electron chi connectivity index (χ4n) is 1.75. The van der Waals surface area contributed by atoms with Crippen LogP contribution in [0, 0.1) is 11.3 Å². The summed E-state index contributed by atoms with van der Waals surface area (Å²) in [6, 6.07) is 18.8. The number of thioether (sulfide) groups is 2. The first-order valence-electron chi connectivity index (χ1n) is 6.17. The van der Waals surface area contributed by atoms with Gasteiger partial charge in [0, 0.05) is 15.5 Å². The lowest BCUT2D eigenvalue weighted by molar-refractivity contribution is 1.25. The van der Waals surface area contributed by atoms with E-state index in [1.165, 1.54) is 5.56 Å². The highest BCUT2D eigenvalue weighted by Crippen LogP contribution is 2.32. The molecule has 2 aromatic carbocycles. The van der Waals surface area contributed by atoms with Gasteiger partial charge in [-0.3, -0.25) is 0 Å². The van der Waals surface area contributed by atoms with E-state index < -0.39 is 0 Å². The van der Waals surface area contributed by atoms with E-state index in [2.05, 4.69) is 25.1 Å². The summed E-state index contributed by atoms with van der Waals surface area (Å²) in [5.41, 5.74) is 2.10. The first-order chi connectivity index (χ1) is 9.35. The van der Waals surface area contributed by atoms with Gasteiger partial charge in [0.25, 0.3) is 0 Å². The minimum absolute atomic E-state index is 0.815. The van der Waals surface area contributed by atoms with E-state index in [-0.39, 0.29) is 0 Å². The molecule has 0 spiro atoms. The summed E-state index contributed by atoms with van der Waals surface area (Å²) in [6.45, 7) is 2.11. The Kier molecular flexibility index (Phi) is 5.38. The SMILES string of the molecule is CCSc1cccc(SCc2ccccc2)c1C#N. The molecule has 0 saturated heterocycles. The van der Waals surface area contributed by atoms with E-state index in [0.29, 0.717) is 0 Å². The maximum atomic E-state index is 9.35. The molecular formula is C16H15NS2. The van der Waals surface area contributed by atoms with Gasteiger partial charge in [0.2, 0.25) is 0 Å². The molecule has 19 heavy (non-hydrogen) atoms. The second-order valence-corrected chi connectivity index (χ2v) is 6.27. The molecule has 1 nitrogen and oxygen atoms in total. The minimum Gasteiger partial charge on any atom is -0.192 e. The first kappa shape index (κ1) is 14.0. The Bertz CT molecular complexity index is 573. The van der Waals surface area contributed by atoms with E-state index >= 15 is 0 Å². The Labute approximate surface area is 123 Å². The average Bonchev–Trinajstić information content (AvgIpc) is 2.46. The van der Waals surface area contributed by atoms with Crippen LogP contribution in [-0.2, 0) is 5.75 Å². The molecule has 0 atom stereocenters. The number of hydrogen-bond donors (Lipinski definition) is 0. The molecular weight excluding hydrogens is 270 g/mol. The van der Waals surface area contributed by atoms with Crippen molar-refractivity contribution in [3.05, 3.63) is 59.7 Å². The summed E-state index contributed by atoms with van der Waals surface area (Å²) in [6.07, 6.45) is 0. The Morgan fingerprint density at radius 3 is 2.26 bits per heavy atom. The van der Waals surface area contributed by atoms with Crippen LogP contribution in [-0.4, -0.2) is 5.75 Å². The van der Waals surface area contributed by atoms with Crippen LogP contribution in [0.25, 0.3) is 0 Å². The van der Waals surface area contributed by atoms with Crippen molar-refractivity contribution in [1.82, 2.24) is 0 Å². The molecule has 0 saturated carbocycles. The Morgan fingerprint density at radius 1 is 0.947 bits per heavy atom. The van der Waals surface area contributed by atoms with Crippen molar-refractivity contribution in [1.29, 1.82) is 5.26 Å². The molecule has 0 fully saturated rings. The summed E-state index contributed by atoms with van der Waals surface area (Å²) in [7, 11) is 0. The number of nitriles is 1. The summed E-state index contributed by atoms with van der Waals surface area (Å²) < 4.78 is 0.